The van der Waals surface area contributed by atoms with Crippen LogP contribution in [-0.4, -0.2) is 11.1 Å². The van der Waals surface area contributed by atoms with Gasteiger partial charge in [-0.1, -0.05) is 23.7 Å². The number of hydrogen-bond donors (Lipinski definition) is 1. The minimum Gasteiger partial charge on any atom is -0.550 e. The van der Waals surface area contributed by atoms with Crippen molar-refractivity contribution in [3.05, 3.63) is 34.9 Å². The molecule has 4 heteroatoms. The van der Waals surface area contributed by atoms with E-state index in [0.717, 1.165) is 0 Å². The Morgan fingerprint density at radius 2 is 2.00 bits per heavy atom. The number of halogens is 1. The molecule has 0 radical (unpaired) electrons. The Kier molecular flexibility index (Phi) is 3.28. The molecule has 3 nitrogen and oxygen atoms in total. The van der Waals surface area contributed by atoms with Gasteiger partial charge in [-0.3, -0.25) is 0 Å². The zero-order chi connectivity index (χ0) is 9.84. The van der Waals surface area contributed by atoms with Crippen LogP contribution >= 0.6 is 11.6 Å². The summed E-state index contributed by atoms with van der Waals surface area (Å²) in [5.74, 6) is -1.28. The maximum Gasteiger partial charge on any atom is 0.0842 e. The Balaban J connectivity index is 2.71. The molecule has 0 amide bonds. The lowest BCUT2D eigenvalue weighted by Crippen LogP contribution is -2.24. The summed E-state index contributed by atoms with van der Waals surface area (Å²) in [7, 11) is 0. The largest absolute Gasteiger partial charge is 0.550 e. The second-order valence-corrected chi connectivity index (χ2v) is 3.08. The van der Waals surface area contributed by atoms with E-state index in [4.69, 9.17) is 11.6 Å². The molecular formula is C9H8ClO3-. The molecule has 0 aromatic heterocycles. The lowest BCUT2D eigenvalue weighted by Gasteiger charge is -2.10. The van der Waals surface area contributed by atoms with Gasteiger partial charge in [-0.15, -0.1) is 0 Å². The standard InChI is InChI=1S/C9H9ClO3/c10-7-3-1-6(2-4-7)8(11)5-9(12)13/h1-4,8,11H,5H2,(H,12,13)/p-1. The summed E-state index contributed by atoms with van der Waals surface area (Å²) in [6.07, 6.45) is -1.43. The highest BCUT2D eigenvalue weighted by Gasteiger charge is 2.06. The van der Waals surface area contributed by atoms with Crippen molar-refractivity contribution in [1.82, 2.24) is 0 Å². The Bertz CT molecular complexity index is 294. The molecule has 0 aliphatic rings. The van der Waals surface area contributed by atoms with Crippen molar-refractivity contribution in [2.24, 2.45) is 0 Å². The minimum atomic E-state index is -1.28. The second kappa shape index (κ2) is 4.25. The molecule has 1 N–H and O–H groups in total. The maximum atomic E-state index is 10.2. The number of hydrogen-bond acceptors (Lipinski definition) is 3. The number of aliphatic hydroxyl groups excluding tert-OH is 1. The van der Waals surface area contributed by atoms with E-state index in [9.17, 15) is 15.0 Å². The average Bonchev–Trinajstić information content (AvgIpc) is 2.04. The Hall–Kier alpha value is -1.06. The summed E-state index contributed by atoms with van der Waals surface area (Å²) in [6.45, 7) is 0. The van der Waals surface area contributed by atoms with Crippen molar-refractivity contribution in [2.75, 3.05) is 0 Å². The third-order valence-corrected chi connectivity index (χ3v) is 1.87. The van der Waals surface area contributed by atoms with Crippen LogP contribution in [0.3, 0.4) is 0 Å². The van der Waals surface area contributed by atoms with E-state index in [1.165, 1.54) is 0 Å². The van der Waals surface area contributed by atoms with E-state index in [1.54, 1.807) is 24.3 Å². The fourth-order valence-electron chi connectivity index (χ4n) is 0.961. The summed E-state index contributed by atoms with van der Waals surface area (Å²) >= 11 is 5.61. The predicted molar refractivity (Wildman–Crippen MR) is 46.0 cm³/mol. The molecule has 1 rings (SSSR count). The quantitative estimate of drug-likeness (QED) is 0.772. The first-order valence-corrected chi connectivity index (χ1v) is 4.11. The highest BCUT2D eigenvalue weighted by atomic mass is 35.5. The molecule has 0 saturated carbocycles. The highest BCUT2D eigenvalue weighted by Crippen LogP contribution is 2.18. The number of benzene rings is 1. The summed E-state index contributed by atoms with van der Waals surface area (Å²) in [5.41, 5.74) is 0.522. The van der Waals surface area contributed by atoms with E-state index in [-0.39, 0.29) is 0 Å². The molecule has 1 atom stereocenters. The van der Waals surface area contributed by atoms with Crippen molar-refractivity contribution in [3.63, 3.8) is 0 Å². The van der Waals surface area contributed by atoms with Gasteiger partial charge in [-0.25, -0.2) is 0 Å². The van der Waals surface area contributed by atoms with Crippen LogP contribution < -0.4 is 5.11 Å². The normalized spacial score (nSPS) is 12.5. The summed E-state index contributed by atoms with van der Waals surface area (Å²) in [5, 5.41) is 20.0. The van der Waals surface area contributed by atoms with Gasteiger partial charge in [0, 0.05) is 17.4 Å². The zero-order valence-electron chi connectivity index (χ0n) is 6.74. The number of aliphatic hydroxyl groups is 1. The van der Waals surface area contributed by atoms with Crippen LogP contribution in [0.5, 0.6) is 0 Å². The van der Waals surface area contributed by atoms with E-state index in [2.05, 4.69) is 0 Å². The van der Waals surface area contributed by atoms with Gasteiger partial charge in [-0.05, 0) is 17.7 Å². The van der Waals surface area contributed by atoms with Crippen LogP contribution in [0.4, 0.5) is 0 Å². The lowest BCUT2D eigenvalue weighted by molar-refractivity contribution is -0.307. The number of rotatable bonds is 3. The Morgan fingerprint density at radius 3 is 2.46 bits per heavy atom. The molecule has 0 heterocycles. The molecule has 0 aliphatic carbocycles. The van der Waals surface area contributed by atoms with E-state index in [1.807, 2.05) is 0 Å². The predicted octanol–water partition coefficient (Wildman–Crippen LogP) is 0.513. The lowest BCUT2D eigenvalue weighted by atomic mass is 10.1. The van der Waals surface area contributed by atoms with Crippen LogP contribution in [0, 0.1) is 0 Å². The fourth-order valence-corrected chi connectivity index (χ4v) is 1.09. The second-order valence-electron chi connectivity index (χ2n) is 2.64. The van der Waals surface area contributed by atoms with Gasteiger partial charge in [0.15, 0.2) is 0 Å². The molecule has 1 aromatic rings. The molecule has 0 aliphatic heterocycles. The zero-order valence-corrected chi connectivity index (χ0v) is 7.49. The van der Waals surface area contributed by atoms with E-state index >= 15 is 0 Å². The number of carboxylic acid groups (broad SMARTS) is 1. The first-order chi connectivity index (χ1) is 6.09. The van der Waals surface area contributed by atoms with Gasteiger partial charge < -0.3 is 15.0 Å². The first-order valence-electron chi connectivity index (χ1n) is 3.73. The summed E-state index contributed by atoms with van der Waals surface area (Å²) < 4.78 is 0. The average molecular weight is 200 g/mol. The Labute approximate surface area is 80.6 Å². The van der Waals surface area contributed by atoms with Gasteiger partial charge in [0.1, 0.15) is 0 Å². The highest BCUT2D eigenvalue weighted by molar-refractivity contribution is 6.30. The van der Waals surface area contributed by atoms with Crippen LogP contribution in [0.1, 0.15) is 18.1 Å². The number of carbonyl (C=O) groups excluding carboxylic acids is 1. The molecule has 1 unspecified atom stereocenters. The topological polar surface area (TPSA) is 60.4 Å². The fraction of sp³-hybridized carbons (Fsp3) is 0.222. The molecule has 0 bridgehead atoms. The van der Waals surface area contributed by atoms with Crippen molar-refractivity contribution in [1.29, 1.82) is 0 Å². The molecule has 0 fully saturated rings. The number of aliphatic carboxylic acids is 1. The molecule has 70 valence electrons. The Morgan fingerprint density at radius 1 is 1.46 bits per heavy atom. The smallest absolute Gasteiger partial charge is 0.0842 e. The SMILES string of the molecule is O=C([O-])CC(O)c1ccc(Cl)cc1. The van der Waals surface area contributed by atoms with Crippen LogP contribution in [0.25, 0.3) is 0 Å². The van der Waals surface area contributed by atoms with Crippen molar-refractivity contribution < 1.29 is 15.0 Å². The third kappa shape index (κ3) is 3.05. The van der Waals surface area contributed by atoms with Gasteiger partial charge >= 0.3 is 0 Å². The molecule has 0 spiro atoms. The van der Waals surface area contributed by atoms with E-state index in [0.29, 0.717) is 10.6 Å². The van der Waals surface area contributed by atoms with E-state index < -0.39 is 18.5 Å². The molecular weight excluding hydrogens is 192 g/mol. The van der Waals surface area contributed by atoms with Crippen molar-refractivity contribution >= 4 is 17.6 Å². The minimum absolute atomic E-state index is 0.401. The number of carbonyl (C=O) groups is 1. The third-order valence-electron chi connectivity index (χ3n) is 1.61. The van der Waals surface area contributed by atoms with Crippen LogP contribution in [0.2, 0.25) is 5.02 Å². The molecule has 0 saturated heterocycles. The molecule has 13 heavy (non-hydrogen) atoms. The van der Waals surface area contributed by atoms with Gasteiger partial charge in [0.25, 0.3) is 0 Å². The van der Waals surface area contributed by atoms with Crippen LogP contribution in [-0.2, 0) is 4.79 Å². The maximum absolute atomic E-state index is 10.2. The van der Waals surface area contributed by atoms with Gasteiger partial charge in [0.2, 0.25) is 0 Å². The number of carboxylic acids is 1. The van der Waals surface area contributed by atoms with Gasteiger partial charge in [0.05, 0.1) is 6.10 Å². The summed E-state index contributed by atoms with van der Waals surface area (Å²) in [6, 6.07) is 6.34. The summed E-state index contributed by atoms with van der Waals surface area (Å²) in [4.78, 5) is 10.2. The van der Waals surface area contributed by atoms with Gasteiger partial charge in [-0.2, -0.15) is 0 Å². The van der Waals surface area contributed by atoms with Crippen molar-refractivity contribution in [3.8, 4) is 0 Å². The van der Waals surface area contributed by atoms with Crippen molar-refractivity contribution in [2.45, 2.75) is 12.5 Å². The first kappa shape index (κ1) is 10.0. The van der Waals surface area contributed by atoms with Crippen LogP contribution in [0.15, 0.2) is 24.3 Å². The monoisotopic (exact) mass is 199 g/mol. The molecule has 1 aromatic carbocycles.